The van der Waals surface area contributed by atoms with Crippen LogP contribution in [0.4, 0.5) is 11.4 Å². The van der Waals surface area contributed by atoms with Crippen LogP contribution in [-0.2, 0) is 5.41 Å². The van der Waals surface area contributed by atoms with E-state index >= 15 is 0 Å². The van der Waals surface area contributed by atoms with E-state index in [1.807, 2.05) is 0 Å². The summed E-state index contributed by atoms with van der Waals surface area (Å²) in [6, 6.07) is 9.07. The highest BCUT2D eigenvalue weighted by atomic mass is 16.4. The van der Waals surface area contributed by atoms with E-state index in [-0.39, 0.29) is 33.8 Å². The highest BCUT2D eigenvalue weighted by Gasteiger charge is 2.28. The molecule has 11 nitrogen and oxygen atoms in total. The van der Waals surface area contributed by atoms with Crippen molar-refractivity contribution in [1.29, 1.82) is 0 Å². The van der Waals surface area contributed by atoms with Gasteiger partial charge in [-0.1, -0.05) is 26.8 Å². The summed E-state index contributed by atoms with van der Waals surface area (Å²) in [4.78, 5) is 34.1. The minimum Gasteiger partial charge on any atom is -0.492 e. The van der Waals surface area contributed by atoms with E-state index in [2.05, 4.69) is 15.3 Å². The van der Waals surface area contributed by atoms with Gasteiger partial charge in [-0.2, -0.15) is 14.9 Å². The molecular formula is C22H20N4O7. The molecule has 3 aromatic rings. The van der Waals surface area contributed by atoms with Gasteiger partial charge in [0.15, 0.2) is 5.69 Å². The predicted molar refractivity (Wildman–Crippen MR) is 115 cm³/mol. The number of hydrogen-bond donors (Lipinski definition) is 4. The quantitative estimate of drug-likeness (QED) is 0.398. The van der Waals surface area contributed by atoms with E-state index in [4.69, 9.17) is 5.11 Å². The van der Waals surface area contributed by atoms with Crippen LogP contribution in [0.15, 0.2) is 52.7 Å². The van der Waals surface area contributed by atoms with Crippen LogP contribution >= 0.6 is 0 Å². The van der Waals surface area contributed by atoms with Crippen LogP contribution in [0.1, 0.15) is 57.5 Å². The summed E-state index contributed by atoms with van der Waals surface area (Å²) in [5, 5.41) is 51.1. The molecule has 0 radical (unpaired) electrons. The molecule has 3 rings (SSSR count). The first-order valence-electron chi connectivity index (χ1n) is 9.58. The normalized spacial score (nSPS) is 11.6. The average Bonchev–Trinajstić information content (AvgIpc) is 3.08. The van der Waals surface area contributed by atoms with E-state index in [1.54, 1.807) is 20.8 Å². The fraction of sp³-hybridized carbons (Fsp3) is 0.182. The van der Waals surface area contributed by atoms with E-state index in [9.17, 15) is 29.7 Å². The van der Waals surface area contributed by atoms with E-state index in [0.717, 1.165) is 10.7 Å². The van der Waals surface area contributed by atoms with E-state index in [0.29, 0.717) is 5.69 Å². The van der Waals surface area contributed by atoms with E-state index < -0.39 is 29.2 Å². The summed E-state index contributed by atoms with van der Waals surface area (Å²) >= 11 is 0. The van der Waals surface area contributed by atoms with Crippen molar-refractivity contribution < 1.29 is 34.8 Å². The summed E-state index contributed by atoms with van der Waals surface area (Å²) in [5.41, 5.74) is -0.727. The first-order valence-corrected chi connectivity index (χ1v) is 9.58. The number of benzene rings is 2. The molecule has 0 unspecified atom stereocenters. The standard InChI is InChI=1S/C22H20N4O7/c1-22(2,3)17-16(24-23-14-6-4-5-11(8-14)19(28)29)18(27)26(25-17)15-9-12(20(30)31)7-13(10-15)21(32)33/h4-10,27H,1-3H3,(H,28,29)(H,30,31)(H,32,33)/b24-23+. The molecule has 0 atom stereocenters. The van der Waals surface area contributed by atoms with Crippen molar-refractivity contribution in [2.45, 2.75) is 26.2 Å². The number of carbonyl (C=O) groups is 3. The van der Waals surface area contributed by atoms with Crippen LogP contribution in [0.3, 0.4) is 0 Å². The Morgan fingerprint density at radius 1 is 0.848 bits per heavy atom. The molecule has 0 spiro atoms. The first-order chi connectivity index (χ1) is 15.4. The van der Waals surface area contributed by atoms with Gasteiger partial charge < -0.3 is 20.4 Å². The monoisotopic (exact) mass is 452 g/mol. The highest BCUT2D eigenvalue weighted by molar-refractivity contribution is 5.95. The molecule has 0 aliphatic heterocycles. The van der Waals surface area contributed by atoms with Crippen molar-refractivity contribution in [1.82, 2.24) is 9.78 Å². The zero-order valence-electron chi connectivity index (χ0n) is 17.8. The van der Waals surface area contributed by atoms with Gasteiger partial charge in [-0.25, -0.2) is 14.4 Å². The minimum atomic E-state index is -1.35. The van der Waals surface area contributed by atoms with Crippen LogP contribution in [0.2, 0.25) is 0 Å². The SMILES string of the molecule is CC(C)(C)c1nn(-c2cc(C(=O)O)cc(C(=O)O)c2)c(O)c1/N=N/c1cccc(C(=O)O)c1. The second-order valence-corrected chi connectivity index (χ2v) is 8.12. The summed E-state index contributed by atoms with van der Waals surface area (Å²) in [5.74, 6) is -4.32. The maximum absolute atomic E-state index is 11.5. The van der Waals surface area contributed by atoms with Crippen molar-refractivity contribution >= 4 is 29.3 Å². The fourth-order valence-electron chi connectivity index (χ4n) is 2.97. The van der Waals surface area contributed by atoms with Crippen LogP contribution in [0, 0.1) is 0 Å². The van der Waals surface area contributed by atoms with Crippen molar-refractivity contribution in [2.75, 3.05) is 0 Å². The van der Waals surface area contributed by atoms with Gasteiger partial charge in [-0.15, -0.1) is 5.11 Å². The Bertz CT molecular complexity index is 1270. The van der Waals surface area contributed by atoms with Crippen LogP contribution < -0.4 is 0 Å². The molecule has 1 heterocycles. The fourth-order valence-corrected chi connectivity index (χ4v) is 2.97. The molecule has 0 fully saturated rings. The number of carboxylic acid groups (broad SMARTS) is 3. The molecule has 4 N–H and O–H groups in total. The van der Waals surface area contributed by atoms with Crippen LogP contribution in [0.5, 0.6) is 5.88 Å². The average molecular weight is 452 g/mol. The van der Waals surface area contributed by atoms with Crippen molar-refractivity contribution in [3.8, 4) is 11.6 Å². The number of rotatable bonds is 6. The van der Waals surface area contributed by atoms with Gasteiger partial charge in [-0.05, 0) is 36.4 Å². The predicted octanol–water partition coefficient (Wildman–Crippen LogP) is 4.39. The van der Waals surface area contributed by atoms with Gasteiger partial charge in [0.25, 0.3) is 0 Å². The lowest BCUT2D eigenvalue weighted by atomic mass is 9.91. The molecule has 170 valence electrons. The third kappa shape index (κ3) is 4.87. The van der Waals surface area contributed by atoms with E-state index in [1.165, 1.54) is 36.4 Å². The Balaban J connectivity index is 2.18. The summed E-state index contributed by atoms with van der Waals surface area (Å²) < 4.78 is 0.988. The molecule has 0 saturated carbocycles. The van der Waals surface area contributed by atoms with Crippen LogP contribution in [0.25, 0.3) is 5.69 Å². The minimum absolute atomic E-state index is 0.00428. The van der Waals surface area contributed by atoms with Gasteiger partial charge >= 0.3 is 17.9 Å². The lowest BCUT2D eigenvalue weighted by molar-refractivity contribution is 0.0682. The van der Waals surface area contributed by atoms with Crippen molar-refractivity contribution in [2.24, 2.45) is 10.2 Å². The van der Waals surface area contributed by atoms with Crippen molar-refractivity contribution in [3.05, 3.63) is 64.8 Å². The topological polar surface area (TPSA) is 175 Å². The van der Waals surface area contributed by atoms with Crippen molar-refractivity contribution in [3.63, 3.8) is 0 Å². The molecule has 33 heavy (non-hydrogen) atoms. The number of carboxylic acids is 3. The lowest BCUT2D eigenvalue weighted by Gasteiger charge is -2.15. The van der Waals surface area contributed by atoms with Gasteiger partial charge in [0.05, 0.1) is 33.8 Å². The first kappa shape index (κ1) is 23.1. The molecule has 0 bridgehead atoms. The Morgan fingerprint density at radius 3 is 1.94 bits per heavy atom. The molecule has 11 heteroatoms. The molecule has 2 aromatic carbocycles. The zero-order valence-corrected chi connectivity index (χ0v) is 17.8. The van der Waals surface area contributed by atoms with Gasteiger partial charge in [0.1, 0.15) is 0 Å². The Hall–Kier alpha value is -4.54. The summed E-state index contributed by atoms with van der Waals surface area (Å²) in [6.45, 7) is 5.42. The molecule has 1 aromatic heterocycles. The molecular weight excluding hydrogens is 432 g/mol. The molecule has 0 aliphatic carbocycles. The van der Waals surface area contributed by atoms with Crippen LogP contribution in [-0.4, -0.2) is 48.1 Å². The maximum atomic E-state index is 11.5. The largest absolute Gasteiger partial charge is 0.492 e. The number of aromatic nitrogens is 2. The molecule has 0 saturated heterocycles. The number of hydrogen-bond acceptors (Lipinski definition) is 7. The highest BCUT2D eigenvalue weighted by Crippen LogP contribution is 2.40. The van der Waals surface area contributed by atoms with Gasteiger partial charge in [-0.3, -0.25) is 0 Å². The Labute approximate surface area is 187 Å². The molecule has 0 amide bonds. The second-order valence-electron chi connectivity index (χ2n) is 8.12. The van der Waals surface area contributed by atoms with Gasteiger partial charge in [0.2, 0.25) is 5.88 Å². The number of aromatic hydroxyl groups is 1. The maximum Gasteiger partial charge on any atom is 0.335 e. The number of nitrogens with zero attached hydrogens (tertiary/aromatic N) is 4. The lowest BCUT2D eigenvalue weighted by Crippen LogP contribution is -2.13. The smallest absolute Gasteiger partial charge is 0.335 e. The summed E-state index contributed by atoms with van der Waals surface area (Å²) in [7, 11) is 0. The Morgan fingerprint density at radius 2 is 1.42 bits per heavy atom. The number of azo groups is 1. The Kier molecular flexibility index (Phi) is 5.98. The van der Waals surface area contributed by atoms with Gasteiger partial charge in [0, 0.05) is 5.41 Å². The zero-order chi connectivity index (χ0) is 24.5. The number of aromatic carboxylic acids is 3. The summed E-state index contributed by atoms with van der Waals surface area (Å²) in [6.07, 6.45) is 0. The second kappa shape index (κ2) is 8.54. The third-order valence-corrected chi connectivity index (χ3v) is 4.56. The third-order valence-electron chi connectivity index (χ3n) is 4.56. The molecule has 0 aliphatic rings.